The molecule has 1 saturated carbocycles. The Morgan fingerprint density at radius 3 is 2.22 bits per heavy atom. The van der Waals surface area contributed by atoms with E-state index in [2.05, 4.69) is 30.5 Å². The predicted octanol–water partition coefficient (Wildman–Crippen LogP) is 2.84. The van der Waals surface area contributed by atoms with Gasteiger partial charge in [0.15, 0.2) is 0 Å². The molecule has 3 rings (SSSR count). The molecule has 2 nitrogen and oxygen atoms in total. The zero-order valence-electron chi connectivity index (χ0n) is 10.8. The van der Waals surface area contributed by atoms with Crippen molar-refractivity contribution in [3.05, 3.63) is 29.8 Å². The largest absolute Gasteiger partial charge is 0.396 e. The summed E-state index contributed by atoms with van der Waals surface area (Å²) in [5.41, 5.74) is 1.49. The van der Waals surface area contributed by atoms with Crippen molar-refractivity contribution >= 4 is 11.8 Å². The Balaban J connectivity index is 1.95. The normalized spacial score (nSPS) is 24.1. The maximum atomic E-state index is 9.84. The van der Waals surface area contributed by atoms with Crippen LogP contribution in [0.25, 0.3) is 0 Å². The van der Waals surface area contributed by atoms with Gasteiger partial charge in [0.25, 0.3) is 0 Å². The van der Waals surface area contributed by atoms with Gasteiger partial charge in [0, 0.05) is 22.3 Å². The van der Waals surface area contributed by atoms with Crippen LogP contribution in [0.15, 0.2) is 29.2 Å². The molecule has 1 aliphatic carbocycles. The molecule has 1 aromatic rings. The highest BCUT2D eigenvalue weighted by atomic mass is 32.2. The smallest absolute Gasteiger partial charge is 0.0591 e. The van der Waals surface area contributed by atoms with Gasteiger partial charge in [0.05, 0.1) is 13.2 Å². The van der Waals surface area contributed by atoms with Gasteiger partial charge in [-0.1, -0.05) is 18.6 Å². The average molecular weight is 264 g/mol. The lowest BCUT2D eigenvalue weighted by molar-refractivity contribution is -0.173. The fourth-order valence-corrected chi connectivity index (χ4v) is 3.80. The molecule has 0 aromatic heterocycles. The maximum Gasteiger partial charge on any atom is 0.0591 e. The van der Waals surface area contributed by atoms with Gasteiger partial charge in [-0.2, -0.15) is 0 Å². The molecule has 1 saturated heterocycles. The van der Waals surface area contributed by atoms with Crippen LogP contribution in [-0.4, -0.2) is 31.2 Å². The first kappa shape index (κ1) is 12.5. The van der Waals surface area contributed by atoms with Crippen LogP contribution in [0, 0.1) is 5.41 Å². The van der Waals surface area contributed by atoms with E-state index in [4.69, 9.17) is 4.74 Å². The molecule has 2 aliphatic rings. The lowest BCUT2D eigenvalue weighted by atomic mass is 9.50. The summed E-state index contributed by atoms with van der Waals surface area (Å²) in [6.07, 6.45) is 5.61. The summed E-state index contributed by atoms with van der Waals surface area (Å²) < 4.78 is 5.52. The van der Waals surface area contributed by atoms with Crippen molar-refractivity contribution in [3.8, 4) is 0 Å². The SMILES string of the molecule is CSc1ccc(C2(C3(CO)CCC3)COC2)cc1. The van der Waals surface area contributed by atoms with Gasteiger partial charge in [-0.05, 0) is 36.8 Å². The number of aliphatic hydroxyl groups excluding tert-OH is 1. The van der Waals surface area contributed by atoms with Crippen LogP contribution in [0.2, 0.25) is 0 Å². The molecule has 0 unspecified atom stereocenters. The van der Waals surface area contributed by atoms with Crippen LogP contribution >= 0.6 is 11.8 Å². The number of benzene rings is 1. The molecule has 98 valence electrons. The monoisotopic (exact) mass is 264 g/mol. The van der Waals surface area contributed by atoms with Crippen molar-refractivity contribution in [2.24, 2.45) is 5.41 Å². The summed E-state index contributed by atoms with van der Waals surface area (Å²) >= 11 is 1.77. The summed E-state index contributed by atoms with van der Waals surface area (Å²) in [5.74, 6) is 0. The molecule has 1 N–H and O–H groups in total. The Morgan fingerprint density at radius 2 is 1.89 bits per heavy atom. The molecule has 0 amide bonds. The Bertz CT molecular complexity index is 413. The number of thioether (sulfide) groups is 1. The van der Waals surface area contributed by atoms with E-state index in [1.165, 1.54) is 16.9 Å². The molecule has 1 aliphatic heterocycles. The fourth-order valence-electron chi connectivity index (χ4n) is 3.39. The Morgan fingerprint density at radius 1 is 1.22 bits per heavy atom. The lowest BCUT2D eigenvalue weighted by Gasteiger charge is -2.59. The topological polar surface area (TPSA) is 29.5 Å². The molecule has 18 heavy (non-hydrogen) atoms. The molecule has 1 heterocycles. The van der Waals surface area contributed by atoms with E-state index in [1.807, 2.05) is 0 Å². The minimum absolute atomic E-state index is 0.0664. The van der Waals surface area contributed by atoms with Crippen LogP contribution in [0.5, 0.6) is 0 Å². The molecular formula is C15H20O2S. The Kier molecular flexibility index (Phi) is 3.16. The highest BCUT2D eigenvalue weighted by molar-refractivity contribution is 7.98. The molecule has 0 bridgehead atoms. The van der Waals surface area contributed by atoms with Crippen LogP contribution in [-0.2, 0) is 10.2 Å². The minimum Gasteiger partial charge on any atom is -0.396 e. The van der Waals surface area contributed by atoms with Crippen molar-refractivity contribution in [3.63, 3.8) is 0 Å². The van der Waals surface area contributed by atoms with E-state index in [0.717, 1.165) is 26.1 Å². The summed E-state index contributed by atoms with van der Waals surface area (Å²) in [5, 5.41) is 9.84. The van der Waals surface area contributed by atoms with Crippen LogP contribution in [0.1, 0.15) is 24.8 Å². The summed E-state index contributed by atoms with van der Waals surface area (Å²) in [6, 6.07) is 8.82. The Hall–Kier alpha value is -0.510. The first-order valence-corrected chi connectivity index (χ1v) is 7.82. The first-order chi connectivity index (χ1) is 8.76. The summed E-state index contributed by atoms with van der Waals surface area (Å²) in [7, 11) is 0. The van der Waals surface area contributed by atoms with Crippen molar-refractivity contribution in [1.29, 1.82) is 0 Å². The zero-order valence-corrected chi connectivity index (χ0v) is 11.6. The number of aliphatic hydroxyl groups is 1. The van der Waals surface area contributed by atoms with E-state index < -0.39 is 0 Å². The van der Waals surface area contributed by atoms with Gasteiger partial charge >= 0.3 is 0 Å². The molecule has 3 heteroatoms. The van der Waals surface area contributed by atoms with Crippen LogP contribution < -0.4 is 0 Å². The number of hydrogen-bond donors (Lipinski definition) is 1. The molecule has 2 fully saturated rings. The highest BCUT2D eigenvalue weighted by Gasteiger charge is 2.59. The van der Waals surface area contributed by atoms with Crippen molar-refractivity contribution in [2.75, 3.05) is 26.1 Å². The van der Waals surface area contributed by atoms with Crippen LogP contribution in [0.4, 0.5) is 0 Å². The molecule has 0 spiro atoms. The minimum atomic E-state index is 0.0664. The predicted molar refractivity (Wildman–Crippen MR) is 74.1 cm³/mol. The fraction of sp³-hybridized carbons (Fsp3) is 0.600. The number of rotatable bonds is 4. The van der Waals surface area contributed by atoms with E-state index in [1.54, 1.807) is 11.8 Å². The first-order valence-electron chi connectivity index (χ1n) is 6.60. The summed E-state index contributed by atoms with van der Waals surface area (Å²) in [6.45, 7) is 1.83. The second-order valence-corrected chi connectivity index (χ2v) is 6.48. The number of hydrogen-bond acceptors (Lipinski definition) is 3. The van der Waals surface area contributed by atoms with Gasteiger partial charge in [-0.3, -0.25) is 0 Å². The molecule has 0 atom stereocenters. The maximum absolute atomic E-state index is 9.84. The lowest BCUT2D eigenvalue weighted by Crippen LogP contribution is -2.63. The standard InChI is InChI=1S/C15H20O2S/c1-18-13-5-3-12(4-6-13)15(10-17-11-15)14(9-16)7-2-8-14/h3-6,16H,2,7-11H2,1H3. The second-order valence-electron chi connectivity index (χ2n) is 5.60. The van der Waals surface area contributed by atoms with Crippen LogP contribution in [0.3, 0.4) is 0 Å². The molecule has 0 radical (unpaired) electrons. The van der Waals surface area contributed by atoms with Crippen molar-refractivity contribution in [2.45, 2.75) is 29.6 Å². The second kappa shape index (κ2) is 4.55. The number of ether oxygens (including phenoxy) is 1. The molecular weight excluding hydrogens is 244 g/mol. The van der Waals surface area contributed by atoms with Crippen molar-refractivity contribution in [1.82, 2.24) is 0 Å². The van der Waals surface area contributed by atoms with Gasteiger partial charge < -0.3 is 9.84 Å². The van der Waals surface area contributed by atoms with E-state index in [0.29, 0.717) is 6.61 Å². The van der Waals surface area contributed by atoms with E-state index in [-0.39, 0.29) is 10.8 Å². The average Bonchev–Trinajstić information content (AvgIpc) is 2.31. The third-order valence-electron chi connectivity index (χ3n) is 4.97. The summed E-state index contributed by atoms with van der Waals surface area (Å²) in [4.78, 5) is 1.29. The van der Waals surface area contributed by atoms with Gasteiger partial charge in [0.1, 0.15) is 0 Å². The molecule has 1 aromatic carbocycles. The third-order valence-corrected chi connectivity index (χ3v) is 5.71. The van der Waals surface area contributed by atoms with E-state index >= 15 is 0 Å². The van der Waals surface area contributed by atoms with Gasteiger partial charge in [-0.15, -0.1) is 11.8 Å². The Labute approximate surface area is 113 Å². The van der Waals surface area contributed by atoms with Crippen molar-refractivity contribution < 1.29 is 9.84 Å². The third kappa shape index (κ3) is 1.57. The zero-order chi connectivity index (χ0) is 12.6. The highest BCUT2D eigenvalue weighted by Crippen LogP contribution is 2.58. The van der Waals surface area contributed by atoms with E-state index in [9.17, 15) is 5.11 Å². The quantitative estimate of drug-likeness (QED) is 0.848. The van der Waals surface area contributed by atoms with Gasteiger partial charge in [-0.25, -0.2) is 0 Å². The van der Waals surface area contributed by atoms with Gasteiger partial charge in [0.2, 0.25) is 0 Å².